The second-order valence-corrected chi connectivity index (χ2v) is 7.61. The molecular weight excluding hydrogens is 418 g/mol. The summed E-state index contributed by atoms with van der Waals surface area (Å²) in [6.07, 6.45) is 3.02. The van der Waals surface area contributed by atoms with Gasteiger partial charge in [0, 0.05) is 18.8 Å². The number of amides is 1. The van der Waals surface area contributed by atoms with E-state index in [0.717, 1.165) is 5.56 Å². The summed E-state index contributed by atoms with van der Waals surface area (Å²) < 4.78 is 4.63. The summed E-state index contributed by atoms with van der Waals surface area (Å²) in [6, 6.07) is 18.8. The van der Waals surface area contributed by atoms with Crippen molar-refractivity contribution in [3.8, 4) is 16.8 Å². The zero-order valence-electron chi connectivity index (χ0n) is 18.1. The topological polar surface area (TPSA) is 112 Å². The third-order valence-electron chi connectivity index (χ3n) is 5.69. The molecule has 3 aromatic heterocycles. The van der Waals surface area contributed by atoms with Crippen molar-refractivity contribution >= 4 is 23.1 Å². The van der Waals surface area contributed by atoms with E-state index in [-0.39, 0.29) is 16.8 Å². The van der Waals surface area contributed by atoms with Gasteiger partial charge < -0.3 is 11.1 Å². The minimum absolute atomic E-state index is 0.194. The summed E-state index contributed by atoms with van der Waals surface area (Å²) in [5.41, 5.74) is 9.64. The molecule has 0 atom stereocenters. The maximum Gasteiger partial charge on any atom is 0.295 e. The number of rotatable bonds is 4. The maximum absolute atomic E-state index is 13.1. The van der Waals surface area contributed by atoms with Crippen LogP contribution in [0.3, 0.4) is 0 Å². The van der Waals surface area contributed by atoms with Gasteiger partial charge in [-0.25, -0.2) is 9.67 Å². The summed E-state index contributed by atoms with van der Waals surface area (Å²) in [6.45, 7) is 1.77. The number of para-hydroxylation sites is 1. The van der Waals surface area contributed by atoms with Crippen LogP contribution in [-0.2, 0) is 7.05 Å². The summed E-state index contributed by atoms with van der Waals surface area (Å²) >= 11 is 0. The van der Waals surface area contributed by atoms with Crippen LogP contribution in [0.15, 0.2) is 77.9 Å². The first-order chi connectivity index (χ1) is 16.0. The third kappa shape index (κ3) is 3.26. The van der Waals surface area contributed by atoms with Crippen LogP contribution in [0.2, 0.25) is 0 Å². The lowest BCUT2D eigenvalue weighted by Crippen LogP contribution is -2.23. The molecule has 9 nitrogen and oxygen atoms in total. The van der Waals surface area contributed by atoms with E-state index in [1.165, 1.54) is 15.4 Å². The second-order valence-electron chi connectivity index (χ2n) is 7.61. The number of nitrogens with one attached hydrogen (secondary N) is 1. The number of nitrogens with zero attached hydrogens (tertiary/aromatic N) is 5. The van der Waals surface area contributed by atoms with Gasteiger partial charge in [0.1, 0.15) is 17.1 Å². The van der Waals surface area contributed by atoms with Gasteiger partial charge in [-0.15, -0.1) is 0 Å². The maximum atomic E-state index is 13.1. The Morgan fingerprint density at radius 1 is 1.00 bits per heavy atom. The SMILES string of the molecule is Cc1c(NC(=O)c2cnn3c(N)c(-c4ccccc4)cnc23)c(=O)n(-c2ccccc2)n1C. The van der Waals surface area contributed by atoms with Crippen molar-refractivity contribution < 1.29 is 4.79 Å². The Bertz CT molecular complexity index is 1550. The molecule has 0 fully saturated rings. The Balaban J connectivity index is 1.52. The number of hydrogen-bond acceptors (Lipinski definition) is 5. The first-order valence-corrected chi connectivity index (χ1v) is 10.3. The largest absolute Gasteiger partial charge is 0.383 e. The van der Waals surface area contributed by atoms with Crippen LogP contribution in [0, 0.1) is 6.92 Å². The van der Waals surface area contributed by atoms with Crippen molar-refractivity contribution in [3.63, 3.8) is 0 Å². The highest BCUT2D eigenvalue weighted by atomic mass is 16.2. The fourth-order valence-electron chi connectivity index (χ4n) is 3.84. The molecule has 0 bridgehead atoms. The predicted octanol–water partition coefficient (Wildman–Crippen LogP) is 3.03. The van der Waals surface area contributed by atoms with Crippen molar-refractivity contribution in [1.29, 1.82) is 0 Å². The molecule has 164 valence electrons. The van der Waals surface area contributed by atoms with Gasteiger partial charge in [0.2, 0.25) is 0 Å². The van der Waals surface area contributed by atoms with Crippen LogP contribution < -0.4 is 16.6 Å². The van der Waals surface area contributed by atoms with Crippen LogP contribution in [0.5, 0.6) is 0 Å². The van der Waals surface area contributed by atoms with Gasteiger partial charge in [0.15, 0.2) is 5.65 Å². The lowest BCUT2D eigenvalue weighted by Gasteiger charge is -2.08. The number of benzene rings is 2. The molecule has 1 amide bonds. The molecule has 33 heavy (non-hydrogen) atoms. The average Bonchev–Trinajstić information content (AvgIpc) is 3.36. The molecule has 3 heterocycles. The molecule has 5 aromatic rings. The van der Waals surface area contributed by atoms with Gasteiger partial charge in [-0.05, 0) is 24.6 Å². The van der Waals surface area contributed by atoms with Gasteiger partial charge in [0.25, 0.3) is 11.5 Å². The van der Waals surface area contributed by atoms with Crippen molar-refractivity contribution in [2.24, 2.45) is 7.05 Å². The fraction of sp³-hybridized carbons (Fsp3) is 0.0833. The molecule has 0 unspecified atom stereocenters. The van der Waals surface area contributed by atoms with E-state index in [0.29, 0.717) is 28.4 Å². The molecule has 9 heteroatoms. The number of nitrogens with two attached hydrogens (primary N) is 1. The minimum atomic E-state index is -0.490. The molecule has 0 saturated heterocycles. The zero-order chi connectivity index (χ0) is 23.1. The Morgan fingerprint density at radius 3 is 2.36 bits per heavy atom. The first kappa shape index (κ1) is 20.3. The Kier molecular flexibility index (Phi) is 4.78. The summed E-state index contributed by atoms with van der Waals surface area (Å²) in [5, 5.41) is 7.00. The van der Waals surface area contributed by atoms with E-state index >= 15 is 0 Å². The molecule has 5 rings (SSSR count). The number of aromatic nitrogens is 5. The highest BCUT2D eigenvalue weighted by molar-refractivity contribution is 6.08. The van der Waals surface area contributed by atoms with Crippen LogP contribution in [-0.4, -0.2) is 29.9 Å². The molecule has 0 aliphatic heterocycles. The molecule has 0 saturated carbocycles. The molecule has 0 radical (unpaired) electrons. The molecule has 2 aromatic carbocycles. The van der Waals surface area contributed by atoms with Gasteiger partial charge in [0.05, 0.1) is 17.6 Å². The van der Waals surface area contributed by atoms with E-state index < -0.39 is 5.91 Å². The summed E-state index contributed by atoms with van der Waals surface area (Å²) in [7, 11) is 1.77. The van der Waals surface area contributed by atoms with E-state index in [9.17, 15) is 9.59 Å². The molecule has 0 aliphatic carbocycles. The Morgan fingerprint density at radius 2 is 1.67 bits per heavy atom. The number of fused-ring (bicyclic) bond motifs is 1. The zero-order valence-corrected chi connectivity index (χ0v) is 18.1. The van der Waals surface area contributed by atoms with Gasteiger partial charge in [-0.2, -0.15) is 9.61 Å². The molecular formula is C24H21N7O2. The van der Waals surface area contributed by atoms with Gasteiger partial charge in [-0.1, -0.05) is 48.5 Å². The quantitative estimate of drug-likeness (QED) is 0.447. The standard InChI is InChI=1S/C24H21N7O2/c1-15-20(24(33)31(29(15)2)17-11-7-4-8-12-17)28-23(32)19-14-27-30-21(25)18(13-26-22(19)30)16-9-5-3-6-10-16/h3-14H,25H2,1-2H3,(H,28,32). The number of nitrogen functional groups attached to an aromatic ring is 1. The third-order valence-corrected chi connectivity index (χ3v) is 5.69. The van der Waals surface area contributed by atoms with E-state index in [1.54, 1.807) is 24.9 Å². The second kappa shape index (κ2) is 7.79. The smallest absolute Gasteiger partial charge is 0.295 e. The van der Waals surface area contributed by atoms with Crippen molar-refractivity contribution in [1.82, 2.24) is 24.0 Å². The lowest BCUT2D eigenvalue weighted by molar-refractivity contribution is 0.102. The predicted molar refractivity (Wildman–Crippen MR) is 127 cm³/mol. The van der Waals surface area contributed by atoms with Crippen molar-refractivity contribution in [2.45, 2.75) is 6.92 Å². The van der Waals surface area contributed by atoms with E-state index in [4.69, 9.17) is 5.73 Å². The van der Waals surface area contributed by atoms with Crippen LogP contribution >= 0.6 is 0 Å². The first-order valence-electron chi connectivity index (χ1n) is 10.3. The monoisotopic (exact) mass is 439 g/mol. The molecule has 0 spiro atoms. The van der Waals surface area contributed by atoms with E-state index in [1.807, 2.05) is 60.7 Å². The highest BCUT2D eigenvalue weighted by Gasteiger charge is 2.22. The Hall–Kier alpha value is -4.66. The number of anilines is 2. The highest BCUT2D eigenvalue weighted by Crippen LogP contribution is 2.26. The number of carbonyl (C=O) groups is 1. The Labute approximate surface area is 188 Å². The fourth-order valence-corrected chi connectivity index (χ4v) is 3.84. The molecule has 0 aliphatic rings. The van der Waals surface area contributed by atoms with Crippen LogP contribution in [0.25, 0.3) is 22.5 Å². The average molecular weight is 439 g/mol. The van der Waals surface area contributed by atoms with Gasteiger partial charge in [-0.3, -0.25) is 14.3 Å². The van der Waals surface area contributed by atoms with Crippen LogP contribution in [0.4, 0.5) is 11.5 Å². The lowest BCUT2D eigenvalue weighted by atomic mass is 10.1. The summed E-state index contributed by atoms with van der Waals surface area (Å²) in [5.74, 6) is -0.122. The summed E-state index contributed by atoms with van der Waals surface area (Å²) in [4.78, 5) is 30.6. The number of carbonyl (C=O) groups excluding carboxylic acids is 1. The van der Waals surface area contributed by atoms with E-state index in [2.05, 4.69) is 15.4 Å². The number of hydrogen-bond donors (Lipinski definition) is 2. The van der Waals surface area contributed by atoms with Gasteiger partial charge >= 0.3 is 0 Å². The van der Waals surface area contributed by atoms with Crippen LogP contribution in [0.1, 0.15) is 16.1 Å². The normalized spacial score (nSPS) is 11.1. The molecule has 3 N–H and O–H groups in total. The van der Waals surface area contributed by atoms with Crippen molar-refractivity contribution in [2.75, 3.05) is 11.1 Å². The van der Waals surface area contributed by atoms with Crippen molar-refractivity contribution in [3.05, 3.63) is 94.7 Å². The minimum Gasteiger partial charge on any atom is -0.383 e.